The number of nitrogens with one attached hydrogen (secondary N) is 5. The van der Waals surface area contributed by atoms with Crippen LogP contribution in [-0.2, 0) is 0 Å². The molecule has 0 bridgehead atoms. The van der Waals surface area contributed by atoms with Crippen molar-refractivity contribution < 1.29 is 10.0 Å². The standard InChI is InChI=1S/C5H5N5S.C5H4N4S.CH4N2O2/c6-5-9-3-2(4(11)10-5)7-1-8-3;10-5-3-4(7-1-6-3)8-2-9-5;2-1(4)3-5/h1H,(H4,6,7,8,9,10,11);1-2H,(H2,6,7,8,9,10);5H,(H3,2,3,4). The first-order chi connectivity index (χ1) is 12.4. The number of nitrogen functional groups attached to an aromatic ring is 1. The molecule has 0 atom stereocenters. The van der Waals surface area contributed by atoms with Gasteiger partial charge in [0.1, 0.15) is 11.0 Å². The van der Waals surface area contributed by atoms with Gasteiger partial charge in [-0.3, -0.25) is 5.21 Å². The van der Waals surface area contributed by atoms with Gasteiger partial charge in [0, 0.05) is 0 Å². The van der Waals surface area contributed by atoms with E-state index in [1.165, 1.54) is 18.1 Å². The fourth-order valence-electron chi connectivity index (χ4n) is 1.65. The summed E-state index contributed by atoms with van der Waals surface area (Å²) in [5.41, 5.74) is 13.8. The van der Waals surface area contributed by atoms with Gasteiger partial charge >= 0.3 is 6.03 Å². The van der Waals surface area contributed by atoms with Crippen molar-refractivity contribution in [2.75, 3.05) is 5.73 Å². The first kappa shape index (κ1) is 18.9. The topological polar surface area (TPSA) is 216 Å². The molecule has 0 aliphatic heterocycles. The van der Waals surface area contributed by atoms with Crippen LogP contribution in [0.5, 0.6) is 0 Å². The maximum absolute atomic E-state index is 9.23. The molecule has 0 spiro atoms. The highest BCUT2D eigenvalue weighted by atomic mass is 32.1. The van der Waals surface area contributed by atoms with Crippen molar-refractivity contribution in [3.63, 3.8) is 0 Å². The molecule has 0 unspecified atom stereocenters. The minimum absolute atomic E-state index is 0.287. The number of imidazole rings is 2. The maximum atomic E-state index is 9.23. The van der Waals surface area contributed by atoms with Gasteiger partial charge in [0.15, 0.2) is 20.6 Å². The quantitative estimate of drug-likeness (QED) is 0.119. The van der Waals surface area contributed by atoms with Gasteiger partial charge in [0.05, 0.1) is 19.0 Å². The normalized spacial score (nSPS) is 9.73. The molecule has 0 aliphatic carbocycles. The van der Waals surface area contributed by atoms with Crippen LogP contribution in [0, 0.1) is 9.28 Å². The number of urea groups is 1. The fraction of sp³-hybridized carbons (Fsp3) is 0. The van der Waals surface area contributed by atoms with E-state index >= 15 is 0 Å². The SMILES string of the molecule is NC(=O)NO.Nc1nc(=S)c2[nH]cnc2[nH]1.S=c1nc[nH]c2nc[nH]c12. The molecule has 15 heteroatoms. The summed E-state index contributed by atoms with van der Waals surface area (Å²) in [5.74, 6) is 0.287. The second-order valence-electron chi connectivity index (χ2n) is 4.36. The van der Waals surface area contributed by atoms with Crippen LogP contribution in [0.25, 0.3) is 22.3 Å². The summed E-state index contributed by atoms with van der Waals surface area (Å²) < 4.78 is 0.986. The number of fused-ring (bicyclic) bond motifs is 2. The zero-order valence-corrected chi connectivity index (χ0v) is 14.5. The highest BCUT2D eigenvalue weighted by Gasteiger charge is 1.98. The third-order valence-corrected chi connectivity index (χ3v) is 3.27. The van der Waals surface area contributed by atoms with Crippen LogP contribution in [-0.4, -0.2) is 51.1 Å². The summed E-state index contributed by atoms with van der Waals surface area (Å²) in [6.07, 6.45) is 4.66. The lowest BCUT2D eigenvalue weighted by Gasteiger charge is -1.91. The van der Waals surface area contributed by atoms with E-state index in [1.54, 1.807) is 6.33 Å². The molecule has 4 aromatic heterocycles. The summed E-state index contributed by atoms with van der Waals surface area (Å²) in [4.78, 5) is 36.2. The lowest BCUT2D eigenvalue weighted by atomic mass is 10.6. The largest absolute Gasteiger partial charge is 0.369 e. The lowest BCUT2D eigenvalue weighted by Crippen LogP contribution is -2.25. The van der Waals surface area contributed by atoms with Gasteiger partial charge in [-0.25, -0.2) is 30.2 Å². The third kappa shape index (κ3) is 4.79. The first-order valence-corrected chi connectivity index (χ1v) is 7.49. The number of hydrogen-bond acceptors (Lipinski definition) is 9. The molecule has 13 nitrogen and oxygen atoms in total. The second kappa shape index (κ2) is 8.60. The molecule has 4 heterocycles. The van der Waals surface area contributed by atoms with Crippen LogP contribution < -0.4 is 16.9 Å². The molecule has 10 N–H and O–H groups in total. The molecule has 0 fully saturated rings. The van der Waals surface area contributed by atoms with E-state index in [-0.39, 0.29) is 5.95 Å². The first-order valence-electron chi connectivity index (χ1n) is 6.67. The molecule has 0 saturated heterocycles. The van der Waals surface area contributed by atoms with Crippen molar-refractivity contribution in [1.29, 1.82) is 0 Å². The number of hydroxylamine groups is 1. The van der Waals surface area contributed by atoms with Crippen molar-refractivity contribution in [2.24, 2.45) is 5.73 Å². The molecular formula is C11H13N11O2S2. The minimum atomic E-state index is -0.940. The number of primary amides is 1. The zero-order valence-electron chi connectivity index (χ0n) is 12.8. The van der Waals surface area contributed by atoms with Gasteiger partial charge in [0.25, 0.3) is 0 Å². The summed E-state index contributed by atoms with van der Waals surface area (Å²) in [5, 5.41) is 7.42. The highest BCUT2D eigenvalue weighted by Crippen LogP contribution is 2.06. The van der Waals surface area contributed by atoms with Crippen LogP contribution in [0.15, 0.2) is 19.0 Å². The third-order valence-electron chi connectivity index (χ3n) is 2.67. The average molecular weight is 395 g/mol. The summed E-state index contributed by atoms with van der Waals surface area (Å²) >= 11 is 9.82. The Morgan fingerprint density at radius 1 is 1.00 bits per heavy atom. The number of aromatic nitrogens is 8. The summed E-state index contributed by atoms with van der Waals surface area (Å²) in [6, 6.07) is -0.940. The summed E-state index contributed by atoms with van der Waals surface area (Å²) in [7, 11) is 0. The molecule has 0 radical (unpaired) electrons. The molecule has 4 aromatic rings. The van der Waals surface area contributed by atoms with Gasteiger partial charge in [-0.05, 0) is 0 Å². The van der Waals surface area contributed by atoms with Gasteiger partial charge in [-0.1, -0.05) is 24.4 Å². The van der Waals surface area contributed by atoms with Crippen LogP contribution in [0.3, 0.4) is 0 Å². The van der Waals surface area contributed by atoms with E-state index < -0.39 is 6.03 Å². The maximum Gasteiger partial charge on any atom is 0.335 e. The fourth-order valence-corrected chi connectivity index (χ4v) is 2.11. The Hall–Kier alpha value is -3.43. The Balaban J connectivity index is 0.000000151. The molecule has 136 valence electrons. The molecule has 2 amide bonds. The number of nitrogens with zero attached hydrogens (tertiary/aromatic N) is 4. The van der Waals surface area contributed by atoms with Gasteiger partial charge < -0.3 is 31.4 Å². The van der Waals surface area contributed by atoms with Crippen molar-refractivity contribution in [1.82, 2.24) is 45.4 Å². The molecule has 0 saturated carbocycles. The van der Waals surface area contributed by atoms with Gasteiger partial charge in [-0.2, -0.15) is 0 Å². The molecular weight excluding hydrogens is 382 g/mol. The number of anilines is 1. The number of rotatable bonds is 0. The molecule has 0 aliphatic rings. The van der Waals surface area contributed by atoms with E-state index in [0.717, 1.165) is 11.2 Å². The van der Waals surface area contributed by atoms with Crippen LogP contribution >= 0.6 is 24.4 Å². The van der Waals surface area contributed by atoms with Crippen molar-refractivity contribution in [3.05, 3.63) is 28.3 Å². The lowest BCUT2D eigenvalue weighted by molar-refractivity contribution is 0.169. The summed E-state index contributed by atoms with van der Waals surface area (Å²) in [6.45, 7) is 0. The van der Waals surface area contributed by atoms with E-state index in [2.05, 4.69) is 45.6 Å². The Kier molecular flexibility index (Phi) is 6.25. The Morgan fingerprint density at radius 3 is 2.12 bits per heavy atom. The van der Waals surface area contributed by atoms with E-state index in [9.17, 15) is 4.79 Å². The van der Waals surface area contributed by atoms with E-state index in [4.69, 9.17) is 35.4 Å². The van der Waals surface area contributed by atoms with Crippen molar-refractivity contribution >= 4 is 58.7 Å². The van der Waals surface area contributed by atoms with Crippen LogP contribution in [0.1, 0.15) is 0 Å². The van der Waals surface area contributed by atoms with E-state index in [1.807, 2.05) is 0 Å². The van der Waals surface area contributed by atoms with Gasteiger partial charge in [0.2, 0.25) is 5.95 Å². The minimum Gasteiger partial charge on any atom is -0.369 e. The van der Waals surface area contributed by atoms with E-state index in [0.29, 0.717) is 20.4 Å². The average Bonchev–Trinajstić information content (AvgIpc) is 3.25. The second-order valence-corrected chi connectivity index (χ2v) is 5.14. The van der Waals surface area contributed by atoms with Crippen molar-refractivity contribution in [3.8, 4) is 0 Å². The Bertz CT molecular complexity index is 1130. The monoisotopic (exact) mass is 395 g/mol. The zero-order chi connectivity index (χ0) is 19.1. The highest BCUT2D eigenvalue weighted by molar-refractivity contribution is 7.71. The van der Waals surface area contributed by atoms with Crippen LogP contribution in [0.2, 0.25) is 0 Å². The predicted octanol–water partition coefficient (Wildman–Crippen LogP) is 0.657. The predicted molar refractivity (Wildman–Crippen MR) is 97.1 cm³/mol. The molecule has 26 heavy (non-hydrogen) atoms. The number of hydrogen-bond donors (Lipinski definition) is 8. The van der Waals surface area contributed by atoms with Crippen LogP contribution in [0.4, 0.5) is 10.7 Å². The molecule has 4 rings (SSSR count). The Labute approximate surface area is 154 Å². The van der Waals surface area contributed by atoms with Crippen molar-refractivity contribution in [2.45, 2.75) is 0 Å². The number of aromatic amines is 4. The smallest absolute Gasteiger partial charge is 0.335 e. The number of carbonyl (C=O) groups excluding carboxylic acids is 1. The van der Waals surface area contributed by atoms with Gasteiger partial charge in [-0.15, -0.1) is 0 Å². The number of amides is 2. The molecule has 0 aromatic carbocycles. The number of carbonyl (C=O) groups is 1. The number of H-pyrrole nitrogens is 4. The number of nitrogens with two attached hydrogens (primary N) is 2. The Morgan fingerprint density at radius 2 is 1.54 bits per heavy atom.